The fourth-order valence-corrected chi connectivity index (χ4v) is 3.56. The van der Waals surface area contributed by atoms with Crippen molar-refractivity contribution in [3.8, 4) is 0 Å². The van der Waals surface area contributed by atoms with Crippen LogP contribution in [-0.2, 0) is 17.7 Å². The van der Waals surface area contributed by atoms with E-state index in [1.165, 1.54) is 6.07 Å². The number of hydrogen-bond acceptors (Lipinski definition) is 3. The molecule has 136 valence electrons. The highest BCUT2D eigenvalue weighted by Gasteiger charge is 2.22. The molecule has 2 aliphatic rings. The zero-order chi connectivity index (χ0) is 18.1. The predicted octanol–water partition coefficient (Wildman–Crippen LogP) is 2.51. The number of amidine groups is 2. The third-order valence-electron chi connectivity index (χ3n) is 5.03. The minimum atomic E-state index is -0.245. The number of morpholine rings is 1. The van der Waals surface area contributed by atoms with Crippen molar-refractivity contribution in [2.45, 2.75) is 13.0 Å². The van der Waals surface area contributed by atoms with Crippen LogP contribution in [0.1, 0.15) is 11.3 Å². The maximum atomic E-state index is 13.6. The molecule has 0 saturated carbocycles. The molecular weight excluding hydrogens is 333 g/mol. The molecule has 7 heteroatoms. The van der Waals surface area contributed by atoms with Crippen molar-refractivity contribution in [3.05, 3.63) is 47.4 Å². The van der Waals surface area contributed by atoms with Crippen LogP contribution in [0.2, 0.25) is 0 Å². The predicted molar refractivity (Wildman–Crippen MR) is 99.4 cm³/mol. The molecule has 0 radical (unpaired) electrons. The van der Waals surface area contributed by atoms with Crippen LogP contribution in [0.5, 0.6) is 0 Å². The summed E-state index contributed by atoms with van der Waals surface area (Å²) >= 11 is 0. The molecule has 2 aromatic rings. The van der Waals surface area contributed by atoms with Gasteiger partial charge in [-0.05, 0) is 30.4 Å². The van der Waals surface area contributed by atoms with Crippen molar-refractivity contribution in [2.24, 2.45) is 0 Å². The molecule has 6 nitrogen and oxygen atoms in total. The third kappa shape index (κ3) is 3.22. The molecular formula is C19H22FN5O. The van der Waals surface area contributed by atoms with Gasteiger partial charge in [0.1, 0.15) is 17.5 Å². The van der Waals surface area contributed by atoms with Gasteiger partial charge in [-0.3, -0.25) is 10.8 Å². The van der Waals surface area contributed by atoms with E-state index < -0.39 is 0 Å². The van der Waals surface area contributed by atoms with E-state index in [0.717, 1.165) is 35.1 Å². The molecule has 1 aromatic heterocycles. The maximum absolute atomic E-state index is 13.6. The fraction of sp³-hybridized carbons (Fsp3) is 0.368. The normalized spacial score (nSPS) is 17.7. The molecule has 1 aromatic carbocycles. The van der Waals surface area contributed by atoms with Gasteiger partial charge in [-0.15, -0.1) is 0 Å². The number of H-pyrrole nitrogens is 1. The Balaban J connectivity index is 1.47. The lowest BCUT2D eigenvalue weighted by atomic mass is 10.0. The first-order chi connectivity index (χ1) is 12.6. The summed E-state index contributed by atoms with van der Waals surface area (Å²) in [7, 11) is 0. The van der Waals surface area contributed by atoms with Crippen LogP contribution in [0.15, 0.2) is 30.4 Å². The van der Waals surface area contributed by atoms with Gasteiger partial charge >= 0.3 is 0 Å². The molecule has 0 aliphatic carbocycles. The molecule has 2 aliphatic heterocycles. The number of rotatable bonds is 2. The number of nitrogens with one attached hydrogen (secondary N) is 3. The summed E-state index contributed by atoms with van der Waals surface area (Å²) in [5.74, 6) is 0.537. The summed E-state index contributed by atoms with van der Waals surface area (Å²) in [5.41, 5.74) is 3.13. The molecule has 0 amide bonds. The number of aromatic nitrogens is 1. The maximum Gasteiger partial charge on any atom is 0.123 e. The molecule has 3 N–H and O–H groups in total. The number of benzene rings is 1. The van der Waals surface area contributed by atoms with Crippen molar-refractivity contribution >= 4 is 22.6 Å². The Hall–Kier alpha value is -2.67. The van der Waals surface area contributed by atoms with Crippen molar-refractivity contribution in [2.75, 3.05) is 32.8 Å². The van der Waals surface area contributed by atoms with Gasteiger partial charge in [0.05, 0.1) is 13.2 Å². The van der Waals surface area contributed by atoms with Crippen molar-refractivity contribution in [3.63, 3.8) is 0 Å². The molecule has 4 rings (SSSR count). The van der Waals surface area contributed by atoms with E-state index in [-0.39, 0.29) is 5.82 Å². The second-order valence-electron chi connectivity index (χ2n) is 6.65. The zero-order valence-electron chi connectivity index (χ0n) is 14.5. The van der Waals surface area contributed by atoms with E-state index in [2.05, 4.69) is 4.98 Å². The number of nitrogens with zero attached hydrogens (tertiary/aromatic N) is 2. The van der Waals surface area contributed by atoms with Gasteiger partial charge in [-0.1, -0.05) is 0 Å². The first kappa shape index (κ1) is 16.8. The average molecular weight is 355 g/mol. The fourth-order valence-electron chi connectivity index (χ4n) is 3.56. The van der Waals surface area contributed by atoms with Crippen LogP contribution in [0.4, 0.5) is 4.39 Å². The van der Waals surface area contributed by atoms with E-state index in [1.54, 1.807) is 24.3 Å². The van der Waals surface area contributed by atoms with Crippen LogP contribution in [0.3, 0.4) is 0 Å². The van der Waals surface area contributed by atoms with E-state index in [0.29, 0.717) is 44.5 Å². The van der Waals surface area contributed by atoms with E-state index >= 15 is 0 Å². The SMILES string of the molecule is N=C(/C=C\C(=N)N1CCc2[nH]c3ccc(F)cc3c2C1)N1CCOCC1. The Bertz CT molecular complexity index is 881. The Morgan fingerprint density at radius 2 is 1.81 bits per heavy atom. The Labute approximate surface area is 151 Å². The van der Waals surface area contributed by atoms with Crippen LogP contribution < -0.4 is 0 Å². The molecule has 0 atom stereocenters. The van der Waals surface area contributed by atoms with Gasteiger partial charge < -0.3 is 19.5 Å². The number of ether oxygens (including phenoxy) is 1. The lowest BCUT2D eigenvalue weighted by molar-refractivity contribution is 0.0681. The third-order valence-corrected chi connectivity index (χ3v) is 5.03. The Morgan fingerprint density at radius 1 is 1.08 bits per heavy atom. The highest BCUT2D eigenvalue weighted by molar-refractivity contribution is 5.99. The Kier molecular flexibility index (Phi) is 4.46. The summed E-state index contributed by atoms with van der Waals surface area (Å²) in [6.07, 6.45) is 4.15. The molecule has 0 bridgehead atoms. The van der Waals surface area contributed by atoms with E-state index in [1.807, 2.05) is 9.80 Å². The quantitative estimate of drug-likeness (QED) is 0.572. The van der Waals surface area contributed by atoms with Crippen LogP contribution >= 0.6 is 0 Å². The van der Waals surface area contributed by atoms with Crippen molar-refractivity contribution < 1.29 is 9.13 Å². The van der Waals surface area contributed by atoms with E-state index in [9.17, 15) is 4.39 Å². The molecule has 0 spiro atoms. The molecule has 1 fully saturated rings. The highest BCUT2D eigenvalue weighted by atomic mass is 19.1. The number of fused-ring (bicyclic) bond motifs is 3. The van der Waals surface area contributed by atoms with Gasteiger partial charge in [0.2, 0.25) is 0 Å². The van der Waals surface area contributed by atoms with Gasteiger partial charge in [0, 0.05) is 54.8 Å². The summed E-state index contributed by atoms with van der Waals surface area (Å²) in [6, 6.07) is 4.79. The molecule has 0 unspecified atom stereocenters. The smallest absolute Gasteiger partial charge is 0.123 e. The number of hydrogen-bond donors (Lipinski definition) is 3. The van der Waals surface area contributed by atoms with Crippen molar-refractivity contribution in [1.29, 1.82) is 10.8 Å². The van der Waals surface area contributed by atoms with Gasteiger partial charge in [-0.2, -0.15) is 0 Å². The van der Waals surface area contributed by atoms with Crippen LogP contribution in [0, 0.1) is 16.6 Å². The minimum absolute atomic E-state index is 0.245. The topological polar surface area (TPSA) is 79.2 Å². The zero-order valence-corrected chi connectivity index (χ0v) is 14.5. The lowest BCUT2D eigenvalue weighted by Crippen LogP contribution is -2.39. The molecule has 26 heavy (non-hydrogen) atoms. The summed E-state index contributed by atoms with van der Waals surface area (Å²) in [6.45, 7) is 4.01. The monoisotopic (exact) mass is 355 g/mol. The largest absolute Gasteiger partial charge is 0.378 e. The summed E-state index contributed by atoms with van der Waals surface area (Å²) in [4.78, 5) is 7.27. The van der Waals surface area contributed by atoms with E-state index in [4.69, 9.17) is 15.6 Å². The number of aromatic amines is 1. The summed E-state index contributed by atoms with van der Waals surface area (Å²) in [5, 5.41) is 17.4. The summed E-state index contributed by atoms with van der Waals surface area (Å²) < 4.78 is 18.9. The van der Waals surface area contributed by atoms with Crippen molar-refractivity contribution in [1.82, 2.24) is 14.8 Å². The highest BCUT2D eigenvalue weighted by Crippen LogP contribution is 2.28. The van der Waals surface area contributed by atoms with Crippen LogP contribution in [0.25, 0.3) is 10.9 Å². The first-order valence-electron chi connectivity index (χ1n) is 8.83. The molecule has 3 heterocycles. The standard InChI is InChI=1S/C19H22FN5O/c20-13-1-2-16-14(11-13)15-12-25(6-5-17(15)23-16)19(22)4-3-18(21)24-7-9-26-10-8-24/h1-4,11,21-23H,5-10,12H2/b4-3-,21-18?,22-19?. The lowest BCUT2D eigenvalue weighted by Gasteiger charge is -2.29. The second kappa shape index (κ2) is 6.92. The second-order valence-corrected chi connectivity index (χ2v) is 6.65. The Morgan fingerprint density at radius 3 is 2.58 bits per heavy atom. The van der Waals surface area contributed by atoms with Gasteiger partial charge in [0.25, 0.3) is 0 Å². The van der Waals surface area contributed by atoms with Gasteiger partial charge in [0.15, 0.2) is 0 Å². The average Bonchev–Trinajstić information content (AvgIpc) is 3.03. The van der Waals surface area contributed by atoms with Gasteiger partial charge in [-0.25, -0.2) is 4.39 Å². The molecule has 1 saturated heterocycles. The minimum Gasteiger partial charge on any atom is -0.378 e. The first-order valence-corrected chi connectivity index (χ1v) is 8.83. The number of halogens is 1. The van der Waals surface area contributed by atoms with Crippen LogP contribution in [-0.4, -0.2) is 59.3 Å².